The highest BCUT2D eigenvalue weighted by molar-refractivity contribution is 6.09. The number of hydrogen-bond acceptors (Lipinski definition) is 5. The molecule has 1 saturated carbocycles. The number of hydrogen-bond donors (Lipinski definition) is 2. The minimum absolute atomic E-state index is 0.130. The zero-order chi connectivity index (χ0) is 16.9. The van der Waals surface area contributed by atoms with Gasteiger partial charge in [0, 0.05) is 0 Å². The second kappa shape index (κ2) is 7.43. The van der Waals surface area contributed by atoms with Gasteiger partial charge in [-0.3, -0.25) is 19.8 Å². The van der Waals surface area contributed by atoms with Gasteiger partial charge in [-0.05, 0) is 19.8 Å². The first-order valence-corrected chi connectivity index (χ1v) is 8.09. The number of rotatable bonds is 3. The molecule has 0 radical (unpaired) electrons. The monoisotopic (exact) mass is 325 g/mol. The summed E-state index contributed by atoms with van der Waals surface area (Å²) in [6.45, 7) is 1.26. The Bertz CT molecular complexity index is 497. The first kappa shape index (κ1) is 17.2. The van der Waals surface area contributed by atoms with E-state index < -0.39 is 30.1 Å². The molecule has 23 heavy (non-hydrogen) atoms. The van der Waals surface area contributed by atoms with Gasteiger partial charge >= 0.3 is 12.1 Å². The van der Waals surface area contributed by atoms with Crippen LogP contribution in [0.5, 0.6) is 0 Å². The molecule has 2 N–H and O–H groups in total. The predicted octanol–water partition coefficient (Wildman–Crippen LogP) is 1.29. The first-order valence-electron chi connectivity index (χ1n) is 8.09. The first-order chi connectivity index (χ1) is 11.0. The average molecular weight is 325 g/mol. The summed E-state index contributed by atoms with van der Waals surface area (Å²) in [5, 5.41) is 4.75. The number of amides is 5. The van der Waals surface area contributed by atoms with Crippen molar-refractivity contribution in [1.29, 1.82) is 0 Å². The zero-order valence-corrected chi connectivity index (χ0v) is 13.4. The van der Waals surface area contributed by atoms with Crippen molar-refractivity contribution in [1.82, 2.24) is 15.5 Å². The molecule has 8 nitrogen and oxygen atoms in total. The van der Waals surface area contributed by atoms with E-state index in [0.29, 0.717) is 12.8 Å². The van der Waals surface area contributed by atoms with E-state index in [-0.39, 0.29) is 12.5 Å². The summed E-state index contributed by atoms with van der Waals surface area (Å²) in [5.41, 5.74) is -0.887. The Hall–Kier alpha value is -2.12. The minimum Gasteiger partial charge on any atom is -0.450 e. The largest absolute Gasteiger partial charge is 0.450 e. The van der Waals surface area contributed by atoms with E-state index in [1.165, 1.54) is 0 Å². The Morgan fingerprint density at radius 1 is 1.17 bits per heavy atom. The van der Waals surface area contributed by atoms with Crippen LogP contribution >= 0.6 is 0 Å². The fourth-order valence-corrected chi connectivity index (χ4v) is 3.13. The molecule has 8 heteroatoms. The Balaban J connectivity index is 2.00. The van der Waals surface area contributed by atoms with Crippen molar-refractivity contribution in [3.05, 3.63) is 0 Å². The third-order valence-corrected chi connectivity index (χ3v) is 4.27. The highest BCUT2D eigenvalue weighted by atomic mass is 16.5. The molecule has 5 amide bonds. The van der Waals surface area contributed by atoms with E-state index in [2.05, 4.69) is 10.1 Å². The smallest absolute Gasteiger partial charge is 0.413 e. The van der Waals surface area contributed by atoms with E-state index in [0.717, 1.165) is 37.0 Å². The molecule has 0 atom stereocenters. The summed E-state index contributed by atoms with van der Waals surface area (Å²) in [7, 11) is 0. The molecule has 0 unspecified atom stereocenters. The van der Waals surface area contributed by atoms with Gasteiger partial charge in [-0.2, -0.15) is 0 Å². The summed E-state index contributed by atoms with van der Waals surface area (Å²) in [4.78, 5) is 48.6. The molecule has 1 heterocycles. The standard InChI is InChI=1S/C15H23N3O5/c1-2-23-14(22)16-11(19)10-18-12(20)15(17-13(18)21)8-6-4-3-5-7-9-15/h2-10H2,1H3,(H,17,21)(H,16,19,22). The fourth-order valence-electron chi connectivity index (χ4n) is 3.13. The molecule has 0 bridgehead atoms. The lowest BCUT2D eigenvalue weighted by Crippen LogP contribution is -2.48. The summed E-state index contributed by atoms with van der Waals surface area (Å²) >= 11 is 0. The molecule has 2 aliphatic rings. The highest BCUT2D eigenvalue weighted by Gasteiger charge is 2.50. The van der Waals surface area contributed by atoms with Crippen LogP contribution in [0, 0.1) is 0 Å². The highest BCUT2D eigenvalue weighted by Crippen LogP contribution is 2.31. The molecule has 2 fully saturated rings. The Kier molecular flexibility index (Phi) is 5.57. The number of carbonyl (C=O) groups excluding carboxylic acids is 4. The van der Waals surface area contributed by atoms with Gasteiger partial charge in [-0.1, -0.05) is 32.1 Å². The summed E-state index contributed by atoms with van der Waals surface area (Å²) < 4.78 is 4.60. The van der Waals surface area contributed by atoms with Gasteiger partial charge in [0.2, 0.25) is 5.91 Å². The number of alkyl carbamates (subject to hydrolysis) is 1. The maximum atomic E-state index is 12.7. The molecule has 0 aromatic carbocycles. The van der Waals surface area contributed by atoms with Crippen LogP contribution in [0.2, 0.25) is 0 Å². The Labute approximate surface area is 134 Å². The maximum Gasteiger partial charge on any atom is 0.413 e. The van der Waals surface area contributed by atoms with Gasteiger partial charge < -0.3 is 10.1 Å². The molecule has 0 aromatic rings. The molecule has 1 saturated heterocycles. The number of nitrogens with one attached hydrogen (secondary N) is 2. The van der Waals surface area contributed by atoms with Crippen LogP contribution in [0.1, 0.15) is 51.9 Å². The van der Waals surface area contributed by atoms with Crippen molar-refractivity contribution in [2.75, 3.05) is 13.2 Å². The molecular weight excluding hydrogens is 302 g/mol. The number of urea groups is 1. The molecular formula is C15H23N3O5. The van der Waals surface area contributed by atoms with E-state index in [4.69, 9.17) is 0 Å². The molecule has 1 spiro atoms. The number of nitrogens with zero attached hydrogens (tertiary/aromatic N) is 1. The van der Waals surface area contributed by atoms with Crippen LogP contribution in [-0.2, 0) is 14.3 Å². The average Bonchev–Trinajstić information content (AvgIpc) is 2.68. The third kappa shape index (κ3) is 4.00. The van der Waals surface area contributed by atoms with Gasteiger partial charge in [0.25, 0.3) is 5.91 Å². The van der Waals surface area contributed by atoms with Crippen LogP contribution in [0.3, 0.4) is 0 Å². The molecule has 1 aliphatic heterocycles. The Morgan fingerprint density at radius 3 is 2.39 bits per heavy atom. The SMILES string of the molecule is CCOC(=O)NC(=O)CN1C(=O)NC2(CCCCCCC2)C1=O. The van der Waals surface area contributed by atoms with Crippen molar-refractivity contribution in [3.63, 3.8) is 0 Å². The van der Waals surface area contributed by atoms with Gasteiger partial charge in [-0.25, -0.2) is 9.59 Å². The summed E-state index contributed by atoms with van der Waals surface area (Å²) in [5.74, 6) is -1.11. The van der Waals surface area contributed by atoms with Gasteiger partial charge in [0.1, 0.15) is 12.1 Å². The number of imide groups is 2. The minimum atomic E-state index is -0.887. The van der Waals surface area contributed by atoms with Crippen molar-refractivity contribution in [3.8, 4) is 0 Å². The molecule has 2 rings (SSSR count). The Morgan fingerprint density at radius 2 is 1.78 bits per heavy atom. The molecule has 0 aromatic heterocycles. The second-order valence-corrected chi connectivity index (χ2v) is 5.94. The van der Waals surface area contributed by atoms with Crippen molar-refractivity contribution in [2.45, 2.75) is 57.4 Å². The predicted molar refractivity (Wildman–Crippen MR) is 80.5 cm³/mol. The third-order valence-electron chi connectivity index (χ3n) is 4.27. The van der Waals surface area contributed by atoms with Crippen molar-refractivity contribution >= 4 is 23.9 Å². The van der Waals surface area contributed by atoms with Crippen LogP contribution in [-0.4, -0.2) is 47.5 Å². The fraction of sp³-hybridized carbons (Fsp3) is 0.733. The lowest BCUT2D eigenvalue weighted by Gasteiger charge is -2.28. The van der Waals surface area contributed by atoms with E-state index in [9.17, 15) is 19.2 Å². The van der Waals surface area contributed by atoms with Crippen LogP contribution in [0.4, 0.5) is 9.59 Å². The molecule has 1 aliphatic carbocycles. The van der Waals surface area contributed by atoms with Crippen molar-refractivity contribution < 1.29 is 23.9 Å². The van der Waals surface area contributed by atoms with E-state index in [1.807, 2.05) is 5.32 Å². The topological polar surface area (TPSA) is 105 Å². The van der Waals surface area contributed by atoms with E-state index >= 15 is 0 Å². The van der Waals surface area contributed by atoms with Crippen LogP contribution in [0.25, 0.3) is 0 Å². The summed E-state index contributed by atoms with van der Waals surface area (Å²) in [6.07, 6.45) is 5.25. The van der Waals surface area contributed by atoms with E-state index in [1.54, 1.807) is 6.92 Å². The number of carbonyl (C=O) groups is 4. The number of ether oxygens (including phenoxy) is 1. The molecule has 128 valence electrons. The van der Waals surface area contributed by atoms with Crippen LogP contribution in [0.15, 0.2) is 0 Å². The van der Waals surface area contributed by atoms with Gasteiger partial charge in [0.15, 0.2) is 0 Å². The van der Waals surface area contributed by atoms with Crippen LogP contribution < -0.4 is 10.6 Å². The quantitative estimate of drug-likeness (QED) is 0.761. The maximum absolute atomic E-state index is 12.7. The second-order valence-electron chi connectivity index (χ2n) is 5.94. The normalized spacial score (nSPS) is 20.7. The van der Waals surface area contributed by atoms with Gasteiger partial charge in [0.05, 0.1) is 6.61 Å². The van der Waals surface area contributed by atoms with Crippen molar-refractivity contribution in [2.24, 2.45) is 0 Å². The zero-order valence-electron chi connectivity index (χ0n) is 13.4. The summed E-state index contributed by atoms with van der Waals surface area (Å²) in [6, 6.07) is -0.574. The van der Waals surface area contributed by atoms with Gasteiger partial charge in [-0.15, -0.1) is 0 Å². The lowest BCUT2D eigenvalue weighted by atomic mass is 9.84. The lowest BCUT2D eigenvalue weighted by molar-refractivity contribution is -0.135.